The smallest absolute Gasteiger partial charge is 0.328 e. The van der Waals surface area contributed by atoms with Crippen molar-refractivity contribution in [1.29, 1.82) is 0 Å². The van der Waals surface area contributed by atoms with Crippen molar-refractivity contribution in [3.8, 4) is 0 Å². The lowest BCUT2D eigenvalue weighted by Gasteiger charge is -2.28. The number of nitrogens with one attached hydrogen (secondary N) is 3. The maximum atomic E-state index is 13.5. The topological polar surface area (TPSA) is 194 Å². The molecule has 220 valence electrons. The van der Waals surface area contributed by atoms with Crippen molar-refractivity contribution in [3.05, 3.63) is 35.9 Å². The first-order chi connectivity index (χ1) is 18.2. The number of carboxylic acid groups (broad SMARTS) is 1. The number of carboxylic acids is 1. The zero-order valence-electron chi connectivity index (χ0n) is 23.2. The highest BCUT2D eigenvalue weighted by Crippen LogP contribution is 2.15. The van der Waals surface area contributed by atoms with Crippen molar-refractivity contribution < 1.29 is 37.4 Å². The summed E-state index contributed by atoms with van der Waals surface area (Å²) in [6, 6.07) is 4.76. The average Bonchev–Trinajstić information content (AvgIpc) is 2.87. The molecule has 0 heterocycles. The normalized spacial score (nSPS) is 14.8. The van der Waals surface area contributed by atoms with Crippen molar-refractivity contribution in [2.75, 3.05) is 13.7 Å². The van der Waals surface area contributed by atoms with E-state index in [2.05, 4.69) is 15.4 Å². The highest BCUT2D eigenvalue weighted by molar-refractivity contribution is 7.90. The Morgan fingerprint density at radius 1 is 0.923 bits per heavy atom. The number of hydrogen-bond donors (Lipinski definition) is 5. The number of rotatable bonds is 17. The van der Waals surface area contributed by atoms with Crippen LogP contribution in [-0.2, 0) is 40.4 Å². The van der Waals surface area contributed by atoms with Crippen LogP contribution in [0.1, 0.15) is 52.5 Å². The van der Waals surface area contributed by atoms with Gasteiger partial charge >= 0.3 is 11.9 Å². The van der Waals surface area contributed by atoms with Crippen LogP contribution in [-0.4, -0.2) is 74.3 Å². The third-order valence-corrected chi connectivity index (χ3v) is 7.89. The highest BCUT2D eigenvalue weighted by atomic mass is 32.2. The second-order valence-corrected chi connectivity index (χ2v) is 11.9. The van der Waals surface area contributed by atoms with Crippen molar-refractivity contribution >= 4 is 33.8 Å². The van der Waals surface area contributed by atoms with E-state index < -0.39 is 63.1 Å². The molecule has 0 fully saturated rings. The van der Waals surface area contributed by atoms with Gasteiger partial charge in [-0.3, -0.25) is 14.4 Å². The summed E-state index contributed by atoms with van der Waals surface area (Å²) in [5.41, 5.74) is 5.98. The van der Waals surface area contributed by atoms with Crippen molar-refractivity contribution in [1.82, 2.24) is 15.4 Å². The molecule has 0 aromatic heterocycles. The molecule has 39 heavy (non-hydrogen) atoms. The highest BCUT2D eigenvalue weighted by Gasteiger charge is 2.39. The Balaban J connectivity index is 3.30. The molecule has 1 rings (SSSR count). The second kappa shape index (κ2) is 16.2. The van der Waals surface area contributed by atoms with Gasteiger partial charge in [-0.25, -0.2) is 17.9 Å². The Morgan fingerprint density at radius 2 is 1.49 bits per heavy atom. The van der Waals surface area contributed by atoms with Crippen molar-refractivity contribution in [3.63, 3.8) is 0 Å². The Kier molecular flexibility index (Phi) is 14.1. The number of benzene rings is 1. The maximum Gasteiger partial charge on any atom is 0.328 e. The minimum Gasteiger partial charge on any atom is -0.480 e. The van der Waals surface area contributed by atoms with Crippen LogP contribution in [0, 0.1) is 11.8 Å². The summed E-state index contributed by atoms with van der Waals surface area (Å²) in [4.78, 5) is 50.5. The molecule has 13 heteroatoms. The van der Waals surface area contributed by atoms with Crippen molar-refractivity contribution in [2.24, 2.45) is 17.6 Å². The lowest BCUT2D eigenvalue weighted by Crippen LogP contribution is -2.58. The number of sulfonamides is 1. The van der Waals surface area contributed by atoms with Crippen LogP contribution >= 0.6 is 0 Å². The first-order valence-electron chi connectivity index (χ1n) is 12.9. The first-order valence-corrected chi connectivity index (χ1v) is 14.5. The standard InChI is InChI=1S/C26H42N4O8S/c1-16(2)21(24(32)29-22(17(3)4)26(35)38-5)28-23(31)20(15-18-11-7-6-8-12-18)39(36,37)30-19(25(33)34)13-9-10-14-27/h6-8,11-12,16-17,19-22,30H,9-10,13-15,27H2,1-5H3,(H,28,31)(H,29,32)(H,33,34)/t19-,20-,21-,22-/m0/s1. The molecule has 0 bridgehead atoms. The van der Waals surface area contributed by atoms with E-state index in [9.17, 15) is 32.7 Å². The maximum absolute atomic E-state index is 13.5. The third kappa shape index (κ3) is 10.9. The lowest BCUT2D eigenvalue weighted by atomic mass is 10.00. The van der Waals surface area contributed by atoms with E-state index in [1.54, 1.807) is 58.0 Å². The molecule has 1 aromatic rings. The number of methoxy groups -OCH3 is 1. The molecule has 4 atom stereocenters. The minimum atomic E-state index is -4.53. The molecular weight excluding hydrogens is 528 g/mol. The van der Waals surface area contributed by atoms with Crippen LogP contribution < -0.4 is 21.1 Å². The molecule has 0 aliphatic heterocycles. The summed E-state index contributed by atoms with van der Waals surface area (Å²) in [5, 5.41) is 12.9. The summed E-state index contributed by atoms with van der Waals surface area (Å²) in [6.45, 7) is 7.06. The number of nitrogens with two attached hydrogens (primary N) is 1. The van der Waals surface area contributed by atoms with E-state index in [-0.39, 0.29) is 18.8 Å². The van der Waals surface area contributed by atoms with E-state index in [0.717, 1.165) is 0 Å². The van der Waals surface area contributed by atoms with Gasteiger partial charge < -0.3 is 26.2 Å². The summed E-state index contributed by atoms with van der Waals surface area (Å²) in [5.74, 6) is -4.49. The van der Waals surface area contributed by atoms with E-state index in [1.807, 2.05) is 0 Å². The molecule has 0 unspecified atom stereocenters. The van der Waals surface area contributed by atoms with Crippen LogP contribution in [0.25, 0.3) is 0 Å². The Morgan fingerprint density at radius 3 is 1.97 bits per heavy atom. The molecule has 0 aliphatic rings. The van der Waals surface area contributed by atoms with E-state index in [1.165, 1.54) is 7.11 Å². The molecule has 2 amide bonds. The summed E-state index contributed by atoms with van der Waals surface area (Å²) in [7, 11) is -3.34. The predicted molar refractivity (Wildman–Crippen MR) is 146 cm³/mol. The van der Waals surface area contributed by atoms with Gasteiger partial charge in [-0.1, -0.05) is 64.4 Å². The van der Waals surface area contributed by atoms with Crippen LogP contribution in [0.3, 0.4) is 0 Å². The molecule has 6 N–H and O–H groups in total. The molecule has 0 saturated carbocycles. The van der Waals surface area contributed by atoms with Gasteiger partial charge in [0.2, 0.25) is 21.8 Å². The average molecular weight is 571 g/mol. The van der Waals surface area contributed by atoms with E-state index in [0.29, 0.717) is 24.9 Å². The fourth-order valence-corrected chi connectivity index (χ4v) is 5.37. The number of unbranched alkanes of at least 4 members (excludes halogenated alkanes) is 1. The van der Waals surface area contributed by atoms with Crippen molar-refractivity contribution in [2.45, 2.75) is 76.8 Å². The third-order valence-electron chi connectivity index (χ3n) is 6.15. The van der Waals surface area contributed by atoms with E-state index in [4.69, 9.17) is 10.5 Å². The molecule has 1 aromatic carbocycles. The summed E-state index contributed by atoms with van der Waals surface area (Å²) < 4.78 is 33.8. The largest absolute Gasteiger partial charge is 0.480 e. The first kappa shape index (κ1) is 34.0. The van der Waals surface area contributed by atoms with E-state index >= 15 is 0 Å². The molecule has 0 spiro atoms. The molecule has 0 aliphatic carbocycles. The van der Waals surface area contributed by atoms with Gasteiger partial charge in [0.25, 0.3) is 0 Å². The second-order valence-electron chi connectivity index (χ2n) is 10.0. The number of aliphatic carboxylic acids is 1. The van der Waals surface area contributed by atoms with Gasteiger partial charge in [-0.05, 0) is 43.2 Å². The Bertz CT molecular complexity index is 1060. The van der Waals surface area contributed by atoms with Crippen LogP contribution in [0.5, 0.6) is 0 Å². The fraction of sp³-hybridized carbons (Fsp3) is 0.615. The minimum absolute atomic E-state index is 0.00736. The number of carbonyl (C=O) groups excluding carboxylic acids is 3. The van der Waals surface area contributed by atoms with Crippen LogP contribution in [0.15, 0.2) is 30.3 Å². The predicted octanol–water partition coefficient (Wildman–Crippen LogP) is 0.554. The van der Waals surface area contributed by atoms with Gasteiger partial charge in [0, 0.05) is 0 Å². The molecule has 0 saturated heterocycles. The van der Waals surface area contributed by atoms with Gasteiger partial charge in [-0.2, -0.15) is 0 Å². The fourth-order valence-electron chi connectivity index (χ4n) is 3.83. The van der Waals surface area contributed by atoms with Gasteiger partial charge in [-0.15, -0.1) is 0 Å². The SMILES string of the molecule is COC(=O)[C@@H](NC(=O)[C@@H](NC(=O)[C@H](Cc1ccccc1)S(=O)(=O)N[C@@H](CCCCN)C(=O)O)C(C)C)C(C)C. The monoisotopic (exact) mass is 570 g/mol. The zero-order valence-corrected chi connectivity index (χ0v) is 24.0. The van der Waals surface area contributed by atoms with Crippen LogP contribution in [0.2, 0.25) is 0 Å². The summed E-state index contributed by atoms with van der Waals surface area (Å²) >= 11 is 0. The number of ether oxygens (including phenoxy) is 1. The Hall–Kier alpha value is -3.03. The Labute approximate surface area is 230 Å². The number of hydrogen-bond acceptors (Lipinski definition) is 8. The molecule has 12 nitrogen and oxygen atoms in total. The lowest BCUT2D eigenvalue weighted by molar-refractivity contribution is -0.146. The number of amides is 2. The molecular formula is C26H42N4O8S. The quantitative estimate of drug-likeness (QED) is 0.131. The number of carbonyl (C=O) groups is 4. The van der Waals surface area contributed by atoms with Gasteiger partial charge in [0.05, 0.1) is 7.11 Å². The van der Waals surface area contributed by atoms with Crippen LogP contribution in [0.4, 0.5) is 0 Å². The van der Waals surface area contributed by atoms with Gasteiger partial charge in [0.1, 0.15) is 18.1 Å². The van der Waals surface area contributed by atoms with Gasteiger partial charge in [0.15, 0.2) is 5.25 Å². The molecule has 0 radical (unpaired) electrons. The zero-order chi connectivity index (χ0) is 29.8. The number of esters is 1. The summed E-state index contributed by atoms with van der Waals surface area (Å²) in [6.07, 6.45) is 0.610.